The molecule has 2 atom stereocenters. The third-order valence-corrected chi connectivity index (χ3v) is 3.08. The topological polar surface area (TPSA) is 12.0 Å². The van der Waals surface area contributed by atoms with Gasteiger partial charge in [-0.15, -0.1) is 0 Å². The standard InChI is InChI=1S/C13H29N/c1-6-7-8-9-12(4)13(5)10-14-11(2)3/h11-14H,6-10H2,1-5H3. The van der Waals surface area contributed by atoms with E-state index in [0.717, 1.165) is 11.8 Å². The van der Waals surface area contributed by atoms with Crippen molar-refractivity contribution in [3.63, 3.8) is 0 Å². The second kappa shape index (κ2) is 8.28. The molecule has 1 N–H and O–H groups in total. The van der Waals surface area contributed by atoms with Gasteiger partial charge in [0.15, 0.2) is 0 Å². The molecule has 0 heterocycles. The van der Waals surface area contributed by atoms with Crippen LogP contribution in [0.25, 0.3) is 0 Å². The van der Waals surface area contributed by atoms with E-state index >= 15 is 0 Å². The van der Waals surface area contributed by atoms with E-state index < -0.39 is 0 Å². The van der Waals surface area contributed by atoms with Crippen LogP contribution < -0.4 is 5.32 Å². The highest BCUT2D eigenvalue weighted by Crippen LogP contribution is 2.17. The average molecular weight is 199 g/mol. The summed E-state index contributed by atoms with van der Waals surface area (Å²) in [5.74, 6) is 1.68. The number of unbranched alkanes of at least 4 members (excludes halogenated alkanes) is 2. The van der Waals surface area contributed by atoms with Crippen LogP contribution in [-0.4, -0.2) is 12.6 Å². The largest absolute Gasteiger partial charge is 0.314 e. The Morgan fingerprint density at radius 1 is 0.929 bits per heavy atom. The first-order valence-electron chi connectivity index (χ1n) is 6.31. The van der Waals surface area contributed by atoms with Crippen molar-refractivity contribution in [1.29, 1.82) is 0 Å². The smallest absolute Gasteiger partial charge is 0.00104 e. The maximum atomic E-state index is 3.52. The fraction of sp³-hybridized carbons (Fsp3) is 1.00. The van der Waals surface area contributed by atoms with Gasteiger partial charge < -0.3 is 5.32 Å². The zero-order valence-electron chi connectivity index (χ0n) is 10.8. The van der Waals surface area contributed by atoms with Crippen LogP contribution >= 0.6 is 0 Å². The van der Waals surface area contributed by atoms with E-state index in [9.17, 15) is 0 Å². The van der Waals surface area contributed by atoms with Crippen LogP contribution in [-0.2, 0) is 0 Å². The van der Waals surface area contributed by atoms with Crippen molar-refractivity contribution in [2.75, 3.05) is 6.54 Å². The Morgan fingerprint density at radius 2 is 1.57 bits per heavy atom. The van der Waals surface area contributed by atoms with Gasteiger partial charge in [-0.2, -0.15) is 0 Å². The van der Waals surface area contributed by atoms with Crippen molar-refractivity contribution in [3.8, 4) is 0 Å². The molecular weight excluding hydrogens is 170 g/mol. The summed E-state index contributed by atoms with van der Waals surface area (Å²) in [6.07, 6.45) is 5.54. The highest BCUT2D eigenvalue weighted by Gasteiger charge is 2.11. The molecule has 0 rings (SSSR count). The highest BCUT2D eigenvalue weighted by molar-refractivity contribution is 4.66. The zero-order valence-corrected chi connectivity index (χ0v) is 10.8. The van der Waals surface area contributed by atoms with Gasteiger partial charge in [-0.3, -0.25) is 0 Å². The van der Waals surface area contributed by atoms with E-state index in [0.29, 0.717) is 6.04 Å². The van der Waals surface area contributed by atoms with E-state index in [1.54, 1.807) is 0 Å². The first-order chi connectivity index (χ1) is 6.57. The maximum Gasteiger partial charge on any atom is 0.00104 e. The molecule has 0 aliphatic rings. The number of hydrogen-bond acceptors (Lipinski definition) is 1. The molecule has 0 fully saturated rings. The molecule has 14 heavy (non-hydrogen) atoms. The van der Waals surface area contributed by atoms with Gasteiger partial charge in [0.05, 0.1) is 0 Å². The second-order valence-corrected chi connectivity index (χ2v) is 5.01. The fourth-order valence-corrected chi connectivity index (χ4v) is 1.62. The zero-order chi connectivity index (χ0) is 11.0. The molecule has 1 heteroatoms. The van der Waals surface area contributed by atoms with Crippen LogP contribution in [0.15, 0.2) is 0 Å². The lowest BCUT2D eigenvalue weighted by atomic mass is 9.90. The lowest BCUT2D eigenvalue weighted by Gasteiger charge is -2.21. The Balaban J connectivity index is 3.49. The van der Waals surface area contributed by atoms with Crippen molar-refractivity contribution in [2.24, 2.45) is 11.8 Å². The predicted molar refractivity (Wildman–Crippen MR) is 65.6 cm³/mol. The summed E-state index contributed by atoms with van der Waals surface area (Å²) < 4.78 is 0. The summed E-state index contributed by atoms with van der Waals surface area (Å²) in [5, 5.41) is 3.52. The summed E-state index contributed by atoms with van der Waals surface area (Å²) in [6, 6.07) is 0.625. The number of hydrogen-bond donors (Lipinski definition) is 1. The van der Waals surface area contributed by atoms with Crippen LogP contribution in [0, 0.1) is 11.8 Å². The molecule has 0 amide bonds. The molecule has 0 aromatic heterocycles. The molecule has 0 aliphatic heterocycles. The minimum absolute atomic E-state index is 0.625. The normalized spacial score (nSPS) is 15.9. The van der Waals surface area contributed by atoms with Gasteiger partial charge in [0.1, 0.15) is 0 Å². The van der Waals surface area contributed by atoms with Crippen molar-refractivity contribution >= 4 is 0 Å². The third kappa shape index (κ3) is 7.37. The van der Waals surface area contributed by atoms with Crippen LogP contribution in [0.2, 0.25) is 0 Å². The predicted octanol–water partition coefficient (Wildman–Crippen LogP) is 3.84. The minimum atomic E-state index is 0.625. The lowest BCUT2D eigenvalue weighted by Crippen LogP contribution is -2.30. The van der Waals surface area contributed by atoms with Gasteiger partial charge in [0, 0.05) is 6.04 Å². The van der Waals surface area contributed by atoms with Gasteiger partial charge in [0.25, 0.3) is 0 Å². The molecule has 0 aromatic rings. The molecule has 0 bridgehead atoms. The molecule has 0 saturated heterocycles. The van der Waals surface area contributed by atoms with Gasteiger partial charge in [-0.25, -0.2) is 0 Å². The van der Waals surface area contributed by atoms with Crippen molar-refractivity contribution in [1.82, 2.24) is 5.32 Å². The Kier molecular flexibility index (Phi) is 8.26. The molecule has 86 valence electrons. The molecule has 0 saturated carbocycles. The summed E-state index contributed by atoms with van der Waals surface area (Å²) in [6.45, 7) is 12.6. The van der Waals surface area contributed by atoms with E-state index in [1.165, 1.54) is 32.2 Å². The quantitative estimate of drug-likeness (QED) is 0.586. The molecule has 1 nitrogen and oxygen atoms in total. The summed E-state index contributed by atoms with van der Waals surface area (Å²) in [4.78, 5) is 0. The SMILES string of the molecule is CCCCCC(C)C(C)CNC(C)C. The van der Waals surface area contributed by atoms with E-state index in [1.807, 2.05) is 0 Å². The highest BCUT2D eigenvalue weighted by atomic mass is 14.9. The van der Waals surface area contributed by atoms with Gasteiger partial charge in [-0.05, 0) is 18.4 Å². The van der Waals surface area contributed by atoms with Crippen LogP contribution in [0.4, 0.5) is 0 Å². The van der Waals surface area contributed by atoms with Crippen molar-refractivity contribution in [2.45, 2.75) is 66.3 Å². The third-order valence-electron chi connectivity index (χ3n) is 3.08. The maximum absolute atomic E-state index is 3.52. The summed E-state index contributed by atoms with van der Waals surface area (Å²) in [5.41, 5.74) is 0. The molecule has 0 radical (unpaired) electrons. The van der Waals surface area contributed by atoms with E-state index in [-0.39, 0.29) is 0 Å². The average Bonchev–Trinajstić information content (AvgIpc) is 2.14. The van der Waals surface area contributed by atoms with Crippen molar-refractivity contribution in [3.05, 3.63) is 0 Å². The Bertz CT molecular complexity index is 120. The first kappa shape index (κ1) is 14.0. The Labute approximate surface area is 90.7 Å². The number of rotatable bonds is 8. The first-order valence-corrected chi connectivity index (χ1v) is 6.31. The van der Waals surface area contributed by atoms with E-state index in [2.05, 4.69) is 39.9 Å². The molecular formula is C13H29N. The van der Waals surface area contributed by atoms with Gasteiger partial charge in [0.2, 0.25) is 0 Å². The molecule has 2 unspecified atom stereocenters. The Hall–Kier alpha value is -0.0400. The lowest BCUT2D eigenvalue weighted by molar-refractivity contribution is 0.329. The number of nitrogens with one attached hydrogen (secondary N) is 1. The summed E-state index contributed by atoms with van der Waals surface area (Å²) in [7, 11) is 0. The van der Waals surface area contributed by atoms with Gasteiger partial charge >= 0.3 is 0 Å². The minimum Gasteiger partial charge on any atom is -0.314 e. The molecule has 0 aliphatic carbocycles. The molecule has 0 spiro atoms. The van der Waals surface area contributed by atoms with Crippen molar-refractivity contribution < 1.29 is 0 Å². The summed E-state index contributed by atoms with van der Waals surface area (Å²) >= 11 is 0. The van der Waals surface area contributed by atoms with Crippen LogP contribution in [0.3, 0.4) is 0 Å². The monoisotopic (exact) mass is 199 g/mol. The van der Waals surface area contributed by atoms with Gasteiger partial charge in [-0.1, -0.05) is 60.3 Å². The molecule has 0 aromatic carbocycles. The van der Waals surface area contributed by atoms with E-state index in [4.69, 9.17) is 0 Å². The van der Waals surface area contributed by atoms with Crippen LogP contribution in [0.5, 0.6) is 0 Å². The van der Waals surface area contributed by atoms with Crippen LogP contribution in [0.1, 0.15) is 60.3 Å². The Morgan fingerprint density at radius 3 is 2.07 bits per heavy atom. The fourth-order valence-electron chi connectivity index (χ4n) is 1.62. The second-order valence-electron chi connectivity index (χ2n) is 5.01.